The summed E-state index contributed by atoms with van der Waals surface area (Å²) < 4.78 is 21.4. The van der Waals surface area contributed by atoms with Crippen LogP contribution in [0, 0.1) is 0 Å². The van der Waals surface area contributed by atoms with E-state index in [-0.39, 0.29) is 23.8 Å². The highest BCUT2D eigenvalue weighted by molar-refractivity contribution is 6.37. The van der Waals surface area contributed by atoms with Gasteiger partial charge in [0, 0.05) is 38.0 Å². The molecule has 8 aromatic carbocycles. The van der Waals surface area contributed by atoms with Gasteiger partial charge in [0.05, 0.1) is 94.4 Å². The smallest absolute Gasteiger partial charge is 0.272 e. The Hall–Kier alpha value is -10.7. The fraction of sp³-hybridized carbons (Fsp3) is 0.228. The van der Waals surface area contributed by atoms with Crippen LogP contribution >= 0.6 is 69.6 Å². The molecule has 0 bridgehead atoms. The second-order valence-corrected chi connectivity index (χ2v) is 31.1. The highest BCUT2D eigenvalue weighted by atomic mass is 35.5. The number of fused-ring (bicyclic) bond motifs is 3. The van der Waals surface area contributed by atoms with Gasteiger partial charge in [0.15, 0.2) is 17.1 Å². The number of halogens is 6. The molecule has 0 aliphatic heterocycles. The number of benzene rings is 8. The van der Waals surface area contributed by atoms with Gasteiger partial charge in [-0.1, -0.05) is 173 Å². The highest BCUT2D eigenvalue weighted by Gasteiger charge is 2.34. The number of ether oxygens (including phenoxy) is 3. The Bertz CT molecular complexity index is 5530. The van der Waals surface area contributed by atoms with Crippen LogP contribution in [0.1, 0.15) is 183 Å². The molecule has 582 valence electrons. The summed E-state index contributed by atoms with van der Waals surface area (Å²) in [6.45, 7) is 6.30. The van der Waals surface area contributed by atoms with Crippen LogP contribution in [-0.4, -0.2) is 73.4 Å². The minimum absolute atomic E-state index is 0.163. The number of pyridine rings is 1. The van der Waals surface area contributed by atoms with Crippen LogP contribution in [0.15, 0.2) is 212 Å². The molecule has 1 atom stereocenters. The molecule has 4 heterocycles. The molecular weight excluding hydrogens is 1550 g/mol. The van der Waals surface area contributed by atoms with Crippen molar-refractivity contribution < 1.29 is 28.6 Å². The van der Waals surface area contributed by atoms with Gasteiger partial charge in [0.25, 0.3) is 17.7 Å². The molecular formula is C92H86Cl6N10O6. The number of hydrogen-bond donors (Lipinski definition) is 3. The number of hydrogen-bond acceptors (Lipinski definition) is 10. The molecule has 3 aliphatic carbocycles. The summed E-state index contributed by atoms with van der Waals surface area (Å²) in [7, 11) is 4.97. The van der Waals surface area contributed by atoms with E-state index < -0.39 is 5.54 Å². The van der Waals surface area contributed by atoms with E-state index in [0.717, 1.165) is 178 Å². The van der Waals surface area contributed by atoms with Crippen LogP contribution in [0.3, 0.4) is 0 Å². The summed E-state index contributed by atoms with van der Waals surface area (Å²) in [5, 5.41) is 27.0. The monoisotopic (exact) mass is 1640 g/mol. The zero-order chi connectivity index (χ0) is 80.0. The lowest BCUT2D eigenvalue weighted by molar-refractivity contribution is 0.0902. The van der Waals surface area contributed by atoms with Crippen molar-refractivity contribution in [2.45, 2.75) is 116 Å². The lowest BCUT2D eigenvalue weighted by Crippen LogP contribution is -2.41. The van der Waals surface area contributed by atoms with Gasteiger partial charge in [-0.3, -0.25) is 19.4 Å². The number of aromatic nitrogens is 7. The molecule has 3 amide bonds. The van der Waals surface area contributed by atoms with Gasteiger partial charge in [0.1, 0.15) is 17.2 Å². The largest absolute Gasteiger partial charge is 0.497 e. The Balaban J connectivity index is 0.000000149. The number of nitrogens with zero attached hydrogens (tertiary/aromatic N) is 7. The molecule has 114 heavy (non-hydrogen) atoms. The first-order chi connectivity index (χ1) is 55.2. The molecule has 0 radical (unpaired) electrons. The quantitative estimate of drug-likeness (QED) is 0.0700. The van der Waals surface area contributed by atoms with Gasteiger partial charge < -0.3 is 30.2 Å². The van der Waals surface area contributed by atoms with Gasteiger partial charge in [-0.25, -0.2) is 14.0 Å². The second kappa shape index (κ2) is 37.5. The molecule has 3 N–H and O–H groups in total. The maximum atomic E-state index is 13.9. The fourth-order valence-corrected chi connectivity index (χ4v) is 16.0. The van der Waals surface area contributed by atoms with Crippen molar-refractivity contribution in [3.8, 4) is 34.3 Å². The molecule has 0 fully saturated rings. The van der Waals surface area contributed by atoms with E-state index in [2.05, 4.69) is 39.2 Å². The molecule has 0 saturated heterocycles. The lowest BCUT2D eigenvalue weighted by Gasteiger charge is -2.26. The third-order valence-electron chi connectivity index (χ3n) is 20.4. The molecule has 22 heteroatoms. The molecule has 12 aromatic rings. The van der Waals surface area contributed by atoms with Gasteiger partial charge in [-0.15, -0.1) is 0 Å². The van der Waals surface area contributed by atoms with Crippen molar-refractivity contribution in [2.24, 2.45) is 0 Å². The van der Waals surface area contributed by atoms with Gasteiger partial charge in [-0.05, 0) is 264 Å². The van der Waals surface area contributed by atoms with Gasteiger partial charge >= 0.3 is 0 Å². The van der Waals surface area contributed by atoms with Crippen LogP contribution < -0.4 is 30.2 Å². The van der Waals surface area contributed by atoms with E-state index in [1.807, 2.05) is 200 Å². The maximum Gasteiger partial charge on any atom is 0.272 e. The van der Waals surface area contributed by atoms with Gasteiger partial charge in [0.2, 0.25) is 0 Å². The average Bonchev–Trinajstić information content (AvgIpc) is 1.62. The Labute approximate surface area is 694 Å². The highest BCUT2D eigenvalue weighted by Crippen LogP contribution is 2.42. The summed E-state index contributed by atoms with van der Waals surface area (Å²) >= 11 is 38.6. The normalized spacial score (nSPS) is 14.6. The number of rotatable bonds is 18. The lowest BCUT2D eigenvalue weighted by atomic mass is 9.94. The van der Waals surface area contributed by atoms with E-state index in [1.54, 1.807) is 68.6 Å². The molecule has 0 saturated carbocycles. The first kappa shape index (κ1) is 81.3. The van der Waals surface area contributed by atoms with Crippen LogP contribution in [0.5, 0.6) is 17.2 Å². The average molecular weight is 1640 g/mol. The number of amides is 3. The minimum atomic E-state index is -0.584. The molecule has 3 aliphatic rings. The van der Waals surface area contributed by atoms with Crippen molar-refractivity contribution in [1.82, 2.24) is 50.3 Å². The standard InChI is InChI=1S/C32H31Cl2N3O2.C31H29Cl2N3O2.C29H26Cl2N4O2/c1-32(2,23-10-5-4-6-11-23)35-31(38)29-26-12-8-7-9-22(19-21-13-16-25(39-3)17-14-21)30(26)37(36-29)28-18-15-24(33)20-27(28)34;1-20(22-8-4-3-5-9-22)34-31(37)29-26-11-7-6-10-23(18-21-12-15-25(38-2)16-13-21)30(26)36(35-29)28-17-14-24(32)19-27(28)33;1-37-23-12-9-19(10-13-23)16-20-6-2-3-8-24-27(29(36)33-18-22-7-4-5-15-32-22)34-35(28(20)24)26-14-11-21(30)17-25(26)31/h4-6,10-11,13-20H,7-9,12H2,1-3H3,(H,35,38);3-5,8-9,12-20H,6-7,10-11H2,1-2H3,(H,34,37);4-5,7,9-17H,2-3,6,8,18H2,1H3,(H,33,36)/b22-19+;23-18+;20-16+/t;20-;/m.1./s1. The van der Waals surface area contributed by atoms with Crippen molar-refractivity contribution >= 4 is 122 Å². The molecule has 16 nitrogen and oxygen atoms in total. The number of methoxy groups -OCH3 is 3. The zero-order valence-electron chi connectivity index (χ0n) is 64.1. The van der Waals surface area contributed by atoms with Gasteiger partial charge in [-0.2, -0.15) is 15.3 Å². The first-order valence-corrected chi connectivity index (χ1v) is 40.2. The van der Waals surface area contributed by atoms with Crippen molar-refractivity contribution in [3.63, 3.8) is 0 Å². The summed E-state index contributed by atoms with van der Waals surface area (Å²) in [6.07, 6.45) is 18.9. The Morgan fingerprint density at radius 2 is 0.798 bits per heavy atom. The van der Waals surface area contributed by atoms with E-state index in [0.29, 0.717) is 70.8 Å². The first-order valence-electron chi connectivity index (χ1n) is 37.9. The predicted molar refractivity (Wildman–Crippen MR) is 461 cm³/mol. The van der Waals surface area contributed by atoms with E-state index >= 15 is 0 Å². The SMILES string of the molecule is COc1ccc(/C=C2\CCCCc3c(C(=O)NC(C)(C)c4ccccc4)nn(-c4ccc(Cl)cc4Cl)c32)cc1.COc1ccc(/C=C2\CCCCc3c(C(=O)NCc4ccccn4)nn(-c4ccc(Cl)cc4Cl)c32)cc1.COc1ccc(/C=C2\CCCCc3c(C(=O)N[C@H](C)c4ccccc4)nn(-c4ccc(Cl)cc4Cl)c32)cc1. The minimum Gasteiger partial charge on any atom is -0.497 e. The molecule has 4 aromatic heterocycles. The Morgan fingerprint density at radius 1 is 0.439 bits per heavy atom. The maximum absolute atomic E-state index is 13.9. The van der Waals surface area contributed by atoms with Crippen molar-refractivity contribution in [3.05, 3.63) is 327 Å². The number of allylic oxidation sites excluding steroid dienone is 3. The van der Waals surface area contributed by atoms with E-state index in [9.17, 15) is 14.4 Å². The van der Waals surface area contributed by atoms with Crippen LogP contribution in [-0.2, 0) is 31.3 Å². The van der Waals surface area contributed by atoms with E-state index in [1.165, 1.54) is 0 Å². The third kappa shape index (κ3) is 19.4. The fourth-order valence-electron chi connectivity index (χ4n) is 14.5. The van der Waals surface area contributed by atoms with Crippen LogP contribution in [0.25, 0.3) is 52.0 Å². The number of nitrogens with one attached hydrogen (secondary N) is 3. The molecule has 15 rings (SSSR count). The van der Waals surface area contributed by atoms with Crippen LogP contribution in [0.2, 0.25) is 30.1 Å². The third-order valence-corrected chi connectivity index (χ3v) is 22.0. The predicted octanol–water partition coefficient (Wildman–Crippen LogP) is 22.8. The number of carbonyl (C=O) groups excluding carboxylic acids is 3. The topological polar surface area (TPSA) is 181 Å². The second-order valence-electron chi connectivity index (χ2n) is 28.6. The van der Waals surface area contributed by atoms with Crippen LogP contribution in [0.4, 0.5) is 0 Å². The Morgan fingerprint density at radius 3 is 1.17 bits per heavy atom. The zero-order valence-corrected chi connectivity index (χ0v) is 68.6. The number of carbonyl (C=O) groups is 3. The van der Waals surface area contributed by atoms with E-state index in [4.69, 9.17) is 99.1 Å². The Kier molecular flexibility index (Phi) is 26.8. The summed E-state index contributed by atoms with van der Waals surface area (Å²) in [6, 6.07) is 65.1. The van der Waals surface area contributed by atoms with Crippen molar-refractivity contribution in [1.29, 1.82) is 0 Å². The molecule has 0 unspecified atom stereocenters. The summed E-state index contributed by atoms with van der Waals surface area (Å²) in [5.74, 6) is 1.75. The summed E-state index contributed by atoms with van der Waals surface area (Å²) in [5.41, 5.74) is 17.5. The molecule has 0 spiro atoms. The summed E-state index contributed by atoms with van der Waals surface area (Å²) in [4.78, 5) is 45.2. The van der Waals surface area contributed by atoms with Crippen molar-refractivity contribution in [2.75, 3.05) is 21.3 Å².